The number of benzene rings is 4. The van der Waals surface area contributed by atoms with Gasteiger partial charge in [-0.15, -0.1) is 0 Å². The van der Waals surface area contributed by atoms with Gasteiger partial charge < -0.3 is 24.3 Å². The van der Waals surface area contributed by atoms with Crippen LogP contribution in [0.3, 0.4) is 0 Å². The zero-order valence-electron chi connectivity index (χ0n) is 25.6. The number of nitrogens with one attached hydrogen (secondary N) is 1. The molecular weight excluding hydrogens is 522 g/mol. The number of hydrogen-bond donors (Lipinski definition) is 1. The van der Waals surface area contributed by atoms with Crippen LogP contribution in [-0.4, -0.2) is 18.8 Å². The highest BCUT2D eigenvalue weighted by atomic mass is 16.6. The van der Waals surface area contributed by atoms with Crippen LogP contribution in [0.15, 0.2) is 97.1 Å². The third-order valence-corrected chi connectivity index (χ3v) is 7.83. The number of hydrogen-bond acceptors (Lipinski definition) is 5. The molecule has 2 atom stereocenters. The molecule has 5 nitrogen and oxygen atoms in total. The minimum Gasteiger partial charge on any atom is -0.497 e. The van der Waals surface area contributed by atoms with Crippen LogP contribution < -0.4 is 14.8 Å². The normalized spacial score (nSPS) is 17.7. The molecule has 0 amide bonds. The van der Waals surface area contributed by atoms with Crippen LogP contribution in [0, 0.1) is 0 Å². The maximum absolute atomic E-state index is 6.69. The van der Waals surface area contributed by atoms with Gasteiger partial charge in [0.2, 0.25) is 0 Å². The van der Waals surface area contributed by atoms with Gasteiger partial charge in [0.05, 0.1) is 20.3 Å². The lowest BCUT2D eigenvalue weighted by atomic mass is 9.86. The van der Waals surface area contributed by atoms with E-state index in [1.54, 1.807) is 7.11 Å². The van der Waals surface area contributed by atoms with Crippen molar-refractivity contribution in [3.05, 3.63) is 125 Å². The maximum atomic E-state index is 6.69. The molecular formula is C37H43NO4. The standard InChI is InChI=1S/C37H43NO4/c1-36(2,3)29-16-12-28(13-17-29)25-41-35-34(40-24-27-10-8-7-9-11-27)32-22-30(18-21-33(32)42-37(35,4)5)38-23-26-14-19-31(39-6)20-15-26/h7-22,34-35,38H,23-25H2,1-6H3. The fraction of sp³-hybridized carbons (Fsp3) is 0.351. The highest BCUT2D eigenvalue weighted by Gasteiger charge is 2.45. The number of fused-ring (bicyclic) bond motifs is 1. The van der Waals surface area contributed by atoms with Crippen molar-refractivity contribution in [1.29, 1.82) is 0 Å². The molecule has 0 saturated heterocycles. The van der Waals surface area contributed by atoms with Crippen molar-refractivity contribution in [1.82, 2.24) is 0 Å². The Kier molecular flexibility index (Phi) is 8.91. The molecule has 220 valence electrons. The molecule has 0 bridgehead atoms. The molecule has 1 aliphatic heterocycles. The minimum atomic E-state index is -0.599. The first kappa shape index (κ1) is 29.7. The molecule has 0 radical (unpaired) electrons. The molecule has 1 aliphatic rings. The van der Waals surface area contributed by atoms with E-state index < -0.39 is 5.60 Å². The van der Waals surface area contributed by atoms with Crippen LogP contribution in [0.4, 0.5) is 5.69 Å². The second-order valence-electron chi connectivity index (χ2n) is 12.6. The Morgan fingerprint density at radius 2 is 1.40 bits per heavy atom. The summed E-state index contributed by atoms with van der Waals surface area (Å²) in [7, 11) is 1.68. The van der Waals surface area contributed by atoms with Gasteiger partial charge in [-0.25, -0.2) is 0 Å². The van der Waals surface area contributed by atoms with Crippen molar-refractivity contribution >= 4 is 5.69 Å². The third-order valence-electron chi connectivity index (χ3n) is 7.83. The van der Waals surface area contributed by atoms with Crippen LogP contribution in [0.2, 0.25) is 0 Å². The van der Waals surface area contributed by atoms with Gasteiger partial charge in [0.1, 0.15) is 29.3 Å². The average molecular weight is 566 g/mol. The first-order valence-electron chi connectivity index (χ1n) is 14.7. The summed E-state index contributed by atoms with van der Waals surface area (Å²) in [4.78, 5) is 0. The summed E-state index contributed by atoms with van der Waals surface area (Å²) in [5.41, 5.74) is 6.21. The fourth-order valence-electron chi connectivity index (χ4n) is 5.30. The Bertz CT molecular complexity index is 1440. The number of anilines is 1. The van der Waals surface area contributed by atoms with E-state index in [-0.39, 0.29) is 17.6 Å². The third kappa shape index (κ3) is 7.15. The van der Waals surface area contributed by atoms with Gasteiger partial charge in [-0.3, -0.25) is 0 Å². The van der Waals surface area contributed by atoms with Crippen molar-refractivity contribution in [2.45, 2.75) is 77.6 Å². The lowest BCUT2D eigenvalue weighted by Gasteiger charge is -2.44. The van der Waals surface area contributed by atoms with Gasteiger partial charge in [0.25, 0.3) is 0 Å². The predicted molar refractivity (Wildman–Crippen MR) is 169 cm³/mol. The molecule has 0 aliphatic carbocycles. The summed E-state index contributed by atoms with van der Waals surface area (Å²) in [6.07, 6.45) is -0.645. The van der Waals surface area contributed by atoms with E-state index in [1.807, 2.05) is 36.4 Å². The molecule has 0 saturated carbocycles. The largest absolute Gasteiger partial charge is 0.497 e. The summed E-state index contributed by atoms with van der Waals surface area (Å²) in [6, 6.07) is 33.3. The van der Waals surface area contributed by atoms with Crippen molar-refractivity contribution < 1.29 is 18.9 Å². The molecule has 5 rings (SSSR count). The number of rotatable bonds is 10. The quantitative estimate of drug-likeness (QED) is 0.209. The average Bonchev–Trinajstić information content (AvgIpc) is 2.98. The Hall–Kier alpha value is -3.80. The van der Waals surface area contributed by atoms with Crippen molar-refractivity contribution in [3.63, 3.8) is 0 Å². The van der Waals surface area contributed by atoms with E-state index >= 15 is 0 Å². The lowest BCUT2D eigenvalue weighted by Crippen LogP contribution is -2.50. The Balaban J connectivity index is 1.39. The van der Waals surface area contributed by atoms with Crippen molar-refractivity contribution in [2.75, 3.05) is 12.4 Å². The van der Waals surface area contributed by atoms with Gasteiger partial charge in [-0.1, -0.05) is 87.5 Å². The summed E-state index contributed by atoms with van der Waals surface area (Å²) in [6.45, 7) is 12.5. The molecule has 4 aromatic carbocycles. The van der Waals surface area contributed by atoms with Gasteiger partial charge >= 0.3 is 0 Å². The van der Waals surface area contributed by atoms with Crippen LogP contribution in [0.1, 0.15) is 68.5 Å². The number of methoxy groups -OCH3 is 1. The molecule has 42 heavy (non-hydrogen) atoms. The van der Waals surface area contributed by atoms with Crippen molar-refractivity contribution in [3.8, 4) is 11.5 Å². The van der Waals surface area contributed by atoms with E-state index in [9.17, 15) is 0 Å². The minimum absolute atomic E-state index is 0.109. The van der Waals surface area contributed by atoms with Crippen LogP contribution in [-0.2, 0) is 34.6 Å². The highest BCUT2D eigenvalue weighted by molar-refractivity contribution is 5.54. The molecule has 2 unspecified atom stereocenters. The Morgan fingerprint density at radius 3 is 2.07 bits per heavy atom. The maximum Gasteiger partial charge on any atom is 0.132 e. The monoisotopic (exact) mass is 565 g/mol. The SMILES string of the molecule is COc1ccc(CNc2ccc3c(c2)C(OCc2ccccc2)C(OCc2ccc(C(C)(C)C)cc2)C(C)(C)O3)cc1. The van der Waals surface area contributed by atoms with E-state index in [0.29, 0.717) is 19.8 Å². The second-order valence-corrected chi connectivity index (χ2v) is 12.6. The molecule has 4 aromatic rings. The first-order chi connectivity index (χ1) is 20.1. The van der Waals surface area contributed by atoms with E-state index in [2.05, 4.69) is 101 Å². The Morgan fingerprint density at radius 1 is 0.762 bits per heavy atom. The van der Waals surface area contributed by atoms with Crippen LogP contribution in [0.25, 0.3) is 0 Å². The zero-order valence-corrected chi connectivity index (χ0v) is 25.6. The van der Waals surface area contributed by atoms with Crippen LogP contribution in [0.5, 0.6) is 11.5 Å². The molecule has 0 spiro atoms. The predicted octanol–water partition coefficient (Wildman–Crippen LogP) is 8.62. The second kappa shape index (κ2) is 12.6. The summed E-state index contributed by atoms with van der Waals surface area (Å²) in [5.74, 6) is 1.67. The van der Waals surface area contributed by atoms with Crippen molar-refractivity contribution in [2.24, 2.45) is 0 Å². The molecule has 5 heteroatoms. The highest BCUT2D eigenvalue weighted by Crippen LogP contribution is 2.45. The molecule has 0 fully saturated rings. The molecule has 1 N–H and O–H groups in total. The zero-order chi connectivity index (χ0) is 29.7. The van der Waals surface area contributed by atoms with E-state index in [0.717, 1.165) is 33.9 Å². The Labute approximate surface area is 250 Å². The van der Waals surface area contributed by atoms with E-state index in [4.69, 9.17) is 18.9 Å². The summed E-state index contributed by atoms with van der Waals surface area (Å²) >= 11 is 0. The topological polar surface area (TPSA) is 49.0 Å². The smallest absolute Gasteiger partial charge is 0.132 e. The summed E-state index contributed by atoms with van der Waals surface area (Å²) < 4.78 is 25.2. The number of ether oxygens (including phenoxy) is 4. The summed E-state index contributed by atoms with van der Waals surface area (Å²) in [5, 5.41) is 3.56. The molecule has 0 aromatic heterocycles. The fourth-order valence-corrected chi connectivity index (χ4v) is 5.30. The lowest BCUT2D eigenvalue weighted by molar-refractivity contribution is -0.170. The van der Waals surface area contributed by atoms with Gasteiger partial charge in [0, 0.05) is 17.8 Å². The van der Waals surface area contributed by atoms with Crippen LogP contribution >= 0.6 is 0 Å². The van der Waals surface area contributed by atoms with Gasteiger partial charge in [-0.2, -0.15) is 0 Å². The van der Waals surface area contributed by atoms with Gasteiger partial charge in [0.15, 0.2) is 0 Å². The molecule has 1 heterocycles. The van der Waals surface area contributed by atoms with E-state index in [1.165, 1.54) is 11.1 Å². The first-order valence-corrected chi connectivity index (χ1v) is 14.7. The van der Waals surface area contributed by atoms with Gasteiger partial charge in [-0.05, 0) is 71.8 Å².